The first kappa shape index (κ1) is 32.3. The van der Waals surface area contributed by atoms with Crippen LogP contribution in [0.25, 0.3) is 44.4 Å². The summed E-state index contributed by atoms with van der Waals surface area (Å²) in [5.41, 5.74) is 13.1. The van der Waals surface area contributed by atoms with Crippen molar-refractivity contribution in [2.45, 2.75) is 66.2 Å². The number of nitrogens with one attached hydrogen (secondary N) is 2. The Kier molecular flexibility index (Phi) is 9.46. The molecule has 3 aromatic heterocycles. The van der Waals surface area contributed by atoms with E-state index in [1.54, 1.807) is 0 Å². The number of aryl methyl sites for hydroxylation is 4. The van der Waals surface area contributed by atoms with Crippen molar-refractivity contribution in [1.82, 2.24) is 19.9 Å². The molecule has 10 nitrogen and oxygen atoms in total. The zero-order chi connectivity index (χ0) is 33.1. The monoisotopic (exact) mass is 622 g/mol. The zero-order valence-corrected chi connectivity index (χ0v) is 27.1. The maximum atomic E-state index is 12.2. The van der Waals surface area contributed by atoms with Crippen LogP contribution in [0, 0.1) is 13.8 Å². The quantitative estimate of drug-likeness (QED) is 0.201. The van der Waals surface area contributed by atoms with Crippen LogP contribution in [-0.2, 0) is 41.5 Å². The van der Waals surface area contributed by atoms with Gasteiger partial charge >= 0.3 is 11.9 Å². The summed E-state index contributed by atoms with van der Waals surface area (Å²) in [6.45, 7) is 7.88. The van der Waals surface area contributed by atoms with Gasteiger partial charge in [0.2, 0.25) is 0 Å². The van der Waals surface area contributed by atoms with Crippen LogP contribution in [0.4, 0.5) is 0 Å². The molecule has 0 saturated heterocycles. The van der Waals surface area contributed by atoms with Crippen LogP contribution in [-0.4, -0.2) is 58.7 Å². The largest absolute Gasteiger partial charge is 0.469 e. The van der Waals surface area contributed by atoms with Gasteiger partial charge in [-0.2, -0.15) is 0 Å². The van der Waals surface area contributed by atoms with Gasteiger partial charge in [0.25, 0.3) is 0 Å². The highest BCUT2D eigenvalue weighted by molar-refractivity contribution is 5.99. The Bertz CT molecular complexity index is 1990. The number of carbonyl (C=O) groups is 4. The second-order valence-electron chi connectivity index (χ2n) is 11.6. The molecule has 46 heavy (non-hydrogen) atoms. The summed E-state index contributed by atoms with van der Waals surface area (Å²) < 4.78 is 9.86. The molecule has 10 heteroatoms. The van der Waals surface area contributed by atoms with Crippen molar-refractivity contribution in [1.29, 1.82) is 0 Å². The molecule has 2 N–H and O–H groups in total. The highest BCUT2D eigenvalue weighted by Crippen LogP contribution is 2.37. The topological polar surface area (TPSA) is 144 Å². The van der Waals surface area contributed by atoms with Gasteiger partial charge < -0.3 is 29.0 Å². The van der Waals surface area contributed by atoms with Crippen molar-refractivity contribution < 1.29 is 28.7 Å². The fourth-order valence-corrected chi connectivity index (χ4v) is 6.20. The molecule has 5 heterocycles. The van der Waals surface area contributed by atoms with Crippen LogP contribution in [0.1, 0.15) is 84.6 Å². The molecule has 0 radical (unpaired) electrons. The van der Waals surface area contributed by atoms with Crippen LogP contribution in [0.3, 0.4) is 0 Å². The van der Waals surface area contributed by atoms with Crippen molar-refractivity contribution >= 4 is 68.9 Å². The molecule has 0 spiro atoms. The molecule has 0 amide bonds. The Balaban J connectivity index is 1.92. The summed E-state index contributed by atoms with van der Waals surface area (Å²) in [4.78, 5) is 64.8. The fraction of sp³-hybridized carbons (Fsp3) is 0.333. The van der Waals surface area contributed by atoms with Gasteiger partial charge in [-0.25, -0.2) is 9.97 Å². The predicted molar refractivity (Wildman–Crippen MR) is 177 cm³/mol. The minimum Gasteiger partial charge on any atom is -0.469 e. The third-order valence-corrected chi connectivity index (χ3v) is 8.99. The van der Waals surface area contributed by atoms with E-state index < -0.39 is 0 Å². The molecule has 0 aliphatic carbocycles. The third-order valence-electron chi connectivity index (χ3n) is 8.99. The molecule has 0 fully saturated rings. The number of hydrogen-bond acceptors (Lipinski definition) is 8. The van der Waals surface area contributed by atoms with E-state index in [4.69, 9.17) is 19.4 Å². The molecule has 8 bridgehead atoms. The molecule has 238 valence electrons. The number of aromatic amines is 2. The first-order valence-electron chi connectivity index (χ1n) is 15.2. The number of aldehydes is 2. The van der Waals surface area contributed by atoms with E-state index in [-0.39, 0.29) is 37.6 Å². The second-order valence-corrected chi connectivity index (χ2v) is 11.6. The van der Waals surface area contributed by atoms with Crippen LogP contribution in [0.5, 0.6) is 0 Å². The third kappa shape index (κ3) is 6.20. The molecule has 5 rings (SSSR count). The number of nitrogens with zero attached hydrogens (tertiary/aromatic N) is 2. The molecule has 0 atom stereocenters. The van der Waals surface area contributed by atoms with Crippen molar-refractivity contribution in [3.05, 3.63) is 69.3 Å². The average Bonchev–Trinajstić information content (AvgIpc) is 3.69. The van der Waals surface area contributed by atoms with E-state index in [9.17, 15) is 19.2 Å². The molecule has 3 aromatic rings. The number of methoxy groups -OCH3 is 2. The van der Waals surface area contributed by atoms with Crippen molar-refractivity contribution in [2.75, 3.05) is 14.2 Å². The maximum absolute atomic E-state index is 12.2. The van der Waals surface area contributed by atoms with Crippen molar-refractivity contribution in [2.24, 2.45) is 0 Å². The summed E-state index contributed by atoms with van der Waals surface area (Å²) in [7, 11) is 2.75. The lowest BCUT2D eigenvalue weighted by Crippen LogP contribution is -2.02. The van der Waals surface area contributed by atoms with E-state index in [0.29, 0.717) is 35.6 Å². The number of fused-ring (bicyclic) bond motifs is 8. The highest BCUT2D eigenvalue weighted by atomic mass is 16.5. The summed E-state index contributed by atoms with van der Waals surface area (Å²) in [6, 6.07) is 7.78. The van der Waals surface area contributed by atoms with E-state index in [1.807, 2.05) is 52.0 Å². The minimum absolute atomic E-state index is 0.188. The SMILES string of the molecule is COC(=O)CCc1c(C)c2cc3nc(cc4nc(cc5[nH]c(cc1[nH]2)c(CCC(=O)OC)c5C)C(CC=O)=C4C)C(CC=O)=C3C. The van der Waals surface area contributed by atoms with Gasteiger partial charge in [-0.1, -0.05) is 0 Å². The lowest BCUT2D eigenvalue weighted by atomic mass is 10.0. The number of aromatic nitrogens is 4. The average molecular weight is 623 g/mol. The Morgan fingerprint density at radius 2 is 1.04 bits per heavy atom. The number of ether oxygens (including phenoxy) is 2. The van der Waals surface area contributed by atoms with E-state index in [1.165, 1.54) is 14.2 Å². The molecule has 0 unspecified atom stereocenters. The number of H-pyrrole nitrogens is 2. The Morgan fingerprint density at radius 1 is 0.630 bits per heavy atom. The van der Waals surface area contributed by atoms with Gasteiger partial charge in [-0.15, -0.1) is 0 Å². The molecule has 2 aliphatic heterocycles. The fourth-order valence-electron chi connectivity index (χ4n) is 6.20. The van der Waals surface area contributed by atoms with Gasteiger partial charge in [-0.3, -0.25) is 9.59 Å². The number of esters is 2. The lowest BCUT2D eigenvalue weighted by Gasteiger charge is -2.02. The second kappa shape index (κ2) is 13.5. The Morgan fingerprint density at radius 3 is 1.48 bits per heavy atom. The standard InChI is InChI=1S/C36H38N4O6/c1-19-23(7-9-35(43)45-5)33-18-34-24(8-10-36(44)46-6)20(2)29(40-34)16-32-26(12-14-42)22(4)30(39-32)17-31-25(11-13-41)21(3)28(37-31)15-27(19)38-33/h13-18,38,40H,7-12H2,1-6H3. The van der Waals surface area contributed by atoms with Gasteiger partial charge in [-0.05, 0) is 109 Å². The predicted octanol–water partition coefficient (Wildman–Crippen LogP) is 6.18. The minimum atomic E-state index is -0.311. The molecule has 2 aliphatic rings. The van der Waals surface area contributed by atoms with Gasteiger partial charge in [0.05, 0.1) is 37.0 Å². The number of carbonyl (C=O) groups excluding carboxylic acids is 4. The summed E-state index contributed by atoms with van der Waals surface area (Å²) in [6.07, 6.45) is 3.41. The van der Waals surface area contributed by atoms with Gasteiger partial charge in [0.15, 0.2) is 0 Å². The maximum Gasteiger partial charge on any atom is 0.305 e. The van der Waals surface area contributed by atoms with Crippen LogP contribution >= 0.6 is 0 Å². The first-order chi connectivity index (χ1) is 22.1. The van der Waals surface area contributed by atoms with Crippen LogP contribution in [0.15, 0.2) is 24.3 Å². The van der Waals surface area contributed by atoms with E-state index in [2.05, 4.69) is 9.97 Å². The van der Waals surface area contributed by atoms with Crippen molar-refractivity contribution in [3.63, 3.8) is 0 Å². The Hall–Kier alpha value is -5.12. The van der Waals surface area contributed by atoms with E-state index >= 15 is 0 Å². The summed E-state index contributed by atoms with van der Waals surface area (Å²) >= 11 is 0. The molecular weight excluding hydrogens is 584 g/mol. The summed E-state index contributed by atoms with van der Waals surface area (Å²) in [5, 5.41) is 0. The molecular formula is C36H38N4O6. The molecule has 0 saturated carbocycles. The van der Waals surface area contributed by atoms with E-state index in [0.717, 1.165) is 79.2 Å². The highest BCUT2D eigenvalue weighted by Gasteiger charge is 2.22. The van der Waals surface area contributed by atoms with Crippen molar-refractivity contribution in [3.8, 4) is 0 Å². The lowest BCUT2D eigenvalue weighted by molar-refractivity contribution is -0.141. The molecule has 0 aromatic carbocycles. The van der Waals surface area contributed by atoms with Gasteiger partial charge in [0, 0.05) is 47.8 Å². The summed E-state index contributed by atoms with van der Waals surface area (Å²) in [5.74, 6) is -0.619. The smallest absolute Gasteiger partial charge is 0.305 e. The number of hydrogen-bond donors (Lipinski definition) is 2. The van der Waals surface area contributed by atoms with Gasteiger partial charge in [0.1, 0.15) is 12.6 Å². The first-order valence-corrected chi connectivity index (χ1v) is 15.2. The number of rotatable bonds is 10. The Labute approximate surface area is 267 Å². The number of allylic oxidation sites excluding steroid dienone is 4. The van der Waals surface area contributed by atoms with Crippen LogP contribution in [0.2, 0.25) is 0 Å². The zero-order valence-electron chi connectivity index (χ0n) is 27.1. The normalized spacial score (nSPS) is 12.8. The van der Waals surface area contributed by atoms with Crippen LogP contribution < -0.4 is 0 Å².